The summed E-state index contributed by atoms with van der Waals surface area (Å²) < 4.78 is 18.3. The molecule has 0 bridgehead atoms. The van der Waals surface area contributed by atoms with Crippen molar-refractivity contribution < 1.29 is 9.13 Å². The second-order valence-electron chi connectivity index (χ2n) is 4.52. The van der Waals surface area contributed by atoms with E-state index in [1.165, 1.54) is 11.6 Å². The standard InChI is InChI=1S/C17H18FO/c18-16-11-7-12-17(14-16)19-13-6-2-5-10-15-8-3-1-4-9-15/h1,3-4,7-9,12,14H,2,5-6,10,13H2. The largest absolute Gasteiger partial charge is 0.493 e. The minimum Gasteiger partial charge on any atom is -0.493 e. The maximum absolute atomic E-state index is 12.8. The fourth-order valence-corrected chi connectivity index (χ4v) is 1.95. The molecule has 0 aliphatic heterocycles. The summed E-state index contributed by atoms with van der Waals surface area (Å²) in [5, 5.41) is 0. The maximum atomic E-state index is 12.8. The first-order valence-electron chi connectivity index (χ1n) is 6.68. The van der Waals surface area contributed by atoms with Crippen LogP contribution in [-0.2, 0) is 6.42 Å². The van der Waals surface area contributed by atoms with Crippen LogP contribution in [0.25, 0.3) is 0 Å². The summed E-state index contributed by atoms with van der Waals surface area (Å²) in [4.78, 5) is 0. The molecular formula is C17H18FO. The molecule has 0 spiro atoms. The Hall–Kier alpha value is -1.83. The predicted octanol–water partition coefficient (Wildman–Crippen LogP) is 4.42. The second kappa shape index (κ2) is 7.57. The second-order valence-corrected chi connectivity index (χ2v) is 4.52. The highest BCUT2D eigenvalue weighted by atomic mass is 19.1. The lowest BCUT2D eigenvalue weighted by molar-refractivity contribution is 0.304. The van der Waals surface area contributed by atoms with Crippen LogP contribution < -0.4 is 4.74 Å². The molecule has 0 aliphatic carbocycles. The number of aryl methyl sites for hydroxylation is 1. The lowest BCUT2D eigenvalue weighted by Crippen LogP contribution is -1.98. The number of hydrogen-bond donors (Lipinski definition) is 0. The fourth-order valence-electron chi connectivity index (χ4n) is 1.95. The third-order valence-electron chi connectivity index (χ3n) is 2.96. The summed E-state index contributed by atoms with van der Waals surface area (Å²) >= 11 is 0. The first kappa shape index (κ1) is 13.6. The Bertz CT molecular complexity index is 482. The van der Waals surface area contributed by atoms with E-state index in [4.69, 9.17) is 4.74 Å². The van der Waals surface area contributed by atoms with Gasteiger partial charge >= 0.3 is 0 Å². The van der Waals surface area contributed by atoms with Crippen LogP contribution in [0, 0.1) is 11.9 Å². The van der Waals surface area contributed by atoms with Gasteiger partial charge in [0.2, 0.25) is 0 Å². The minimum atomic E-state index is -0.374. The van der Waals surface area contributed by atoms with Crippen LogP contribution >= 0.6 is 0 Å². The number of hydrogen-bond acceptors (Lipinski definition) is 1. The van der Waals surface area contributed by atoms with E-state index in [0.717, 1.165) is 25.7 Å². The van der Waals surface area contributed by atoms with E-state index in [2.05, 4.69) is 30.3 Å². The lowest BCUT2D eigenvalue weighted by Gasteiger charge is -2.06. The number of rotatable bonds is 7. The molecule has 2 aromatic rings. The van der Waals surface area contributed by atoms with Crippen LogP contribution in [0.15, 0.2) is 48.5 Å². The molecule has 0 amide bonds. The van der Waals surface area contributed by atoms with Crippen molar-refractivity contribution in [2.75, 3.05) is 6.61 Å². The van der Waals surface area contributed by atoms with Gasteiger partial charge in [-0.3, -0.25) is 0 Å². The van der Waals surface area contributed by atoms with Crippen molar-refractivity contribution in [1.82, 2.24) is 0 Å². The van der Waals surface area contributed by atoms with Crippen molar-refractivity contribution in [2.45, 2.75) is 25.7 Å². The number of halogens is 1. The Morgan fingerprint density at radius 1 is 1.00 bits per heavy atom. The van der Waals surface area contributed by atoms with E-state index in [1.54, 1.807) is 12.1 Å². The molecule has 2 heteroatoms. The van der Waals surface area contributed by atoms with E-state index < -0.39 is 0 Å². The maximum Gasteiger partial charge on any atom is 0.134 e. The minimum absolute atomic E-state index is 0.374. The van der Waals surface area contributed by atoms with Gasteiger partial charge < -0.3 is 4.74 Å². The smallest absolute Gasteiger partial charge is 0.134 e. The van der Waals surface area contributed by atoms with Gasteiger partial charge in [0, 0.05) is 12.1 Å². The van der Waals surface area contributed by atoms with Crippen molar-refractivity contribution in [2.24, 2.45) is 0 Å². The van der Waals surface area contributed by atoms with Gasteiger partial charge in [0.05, 0.1) is 6.61 Å². The third-order valence-corrected chi connectivity index (χ3v) is 2.96. The molecule has 0 heterocycles. The molecule has 2 rings (SSSR count). The van der Waals surface area contributed by atoms with Gasteiger partial charge in [-0.1, -0.05) is 30.3 Å². The van der Waals surface area contributed by atoms with Crippen LogP contribution in [-0.4, -0.2) is 6.61 Å². The van der Waals surface area contributed by atoms with Gasteiger partial charge in [-0.05, 0) is 43.4 Å². The molecule has 19 heavy (non-hydrogen) atoms. The van der Waals surface area contributed by atoms with Crippen LogP contribution in [0.5, 0.6) is 5.75 Å². The summed E-state index contributed by atoms with van der Waals surface area (Å²) in [7, 11) is 0. The summed E-state index contributed by atoms with van der Waals surface area (Å²) in [5.41, 5.74) is 1.38. The Morgan fingerprint density at radius 3 is 2.63 bits per heavy atom. The SMILES string of the molecule is Fc1[c]ccc(OCCCCCc2ccccc2)c1. The van der Waals surface area contributed by atoms with Gasteiger partial charge in [0.1, 0.15) is 11.6 Å². The van der Waals surface area contributed by atoms with Gasteiger partial charge in [0.25, 0.3) is 0 Å². The van der Waals surface area contributed by atoms with Crippen molar-refractivity contribution in [3.8, 4) is 5.75 Å². The van der Waals surface area contributed by atoms with Crippen molar-refractivity contribution in [1.29, 1.82) is 0 Å². The van der Waals surface area contributed by atoms with Gasteiger partial charge in [-0.25, -0.2) is 4.39 Å². The van der Waals surface area contributed by atoms with E-state index in [0.29, 0.717) is 12.4 Å². The number of ether oxygens (including phenoxy) is 1. The van der Waals surface area contributed by atoms with Gasteiger partial charge in [0.15, 0.2) is 0 Å². The van der Waals surface area contributed by atoms with Gasteiger partial charge in [-0.15, -0.1) is 0 Å². The average molecular weight is 257 g/mol. The molecule has 0 aromatic heterocycles. The van der Waals surface area contributed by atoms with Crippen LogP contribution in [0.4, 0.5) is 4.39 Å². The summed E-state index contributed by atoms with van der Waals surface area (Å²) in [6, 6.07) is 17.6. The summed E-state index contributed by atoms with van der Waals surface area (Å²) in [6.45, 7) is 0.637. The molecule has 0 aliphatic rings. The zero-order valence-corrected chi connectivity index (χ0v) is 10.9. The van der Waals surface area contributed by atoms with E-state index in [-0.39, 0.29) is 5.82 Å². The van der Waals surface area contributed by atoms with Crippen LogP contribution in [0.1, 0.15) is 24.8 Å². The number of benzene rings is 2. The van der Waals surface area contributed by atoms with Crippen molar-refractivity contribution >= 4 is 0 Å². The molecular weight excluding hydrogens is 239 g/mol. The molecule has 0 N–H and O–H groups in total. The van der Waals surface area contributed by atoms with Crippen LogP contribution in [0.3, 0.4) is 0 Å². The third kappa shape index (κ3) is 5.12. The molecule has 0 atom stereocenters. The van der Waals surface area contributed by atoms with E-state index in [9.17, 15) is 4.39 Å². The average Bonchev–Trinajstić information content (AvgIpc) is 2.44. The van der Waals surface area contributed by atoms with Crippen molar-refractivity contribution in [3.05, 3.63) is 66.0 Å². The Balaban J connectivity index is 1.58. The molecule has 99 valence electrons. The summed E-state index contributed by atoms with van der Waals surface area (Å²) in [6.07, 6.45) is 4.38. The topological polar surface area (TPSA) is 9.23 Å². The highest BCUT2D eigenvalue weighted by Crippen LogP contribution is 2.12. The quantitative estimate of drug-likeness (QED) is 0.667. The van der Waals surface area contributed by atoms with Crippen LogP contribution in [0.2, 0.25) is 0 Å². The first-order valence-corrected chi connectivity index (χ1v) is 6.68. The Morgan fingerprint density at radius 2 is 1.84 bits per heavy atom. The zero-order valence-electron chi connectivity index (χ0n) is 10.9. The summed E-state index contributed by atoms with van der Waals surface area (Å²) in [5.74, 6) is 0.209. The van der Waals surface area contributed by atoms with Gasteiger partial charge in [-0.2, -0.15) is 0 Å². The highest BCUT2D eigenvalue weighted by molar-refractivity contribution is 5.21. The molecule has 2 aromatic carbocycles. The molecule has 0 saturated heterocycles. The molecule has 0 fully saturated rings. The predicted molar refractivity (Wildman–Crippen MR) is 74.7 cm³/mol. The number of unbranched alkanes of at least 4 members (excludes halogenated alkanes) is 2. The van der Waals surface area contributed by atoms with Crippen molar-refractivity contribution in [3.63, 3.8) is 0 Å². The molecule has 1 nitrogen and oxygen atoms in total. The molecule has 1 radical (unpaired) electrons. The Labute approximate surface area is 114 Å². The zero-order chi connectivity index (χ0) is 13.3. The Kier molecular flexibility index (Phi) is 5.42. The monoisotopic (exact) mass is 257 g/mol. The van der Waals surface area contributed by atoms with E-state index in [1.807, 2.05) is 6.07 Å². The molecule has 0 saturated carbocycles. The molecule has 0 unspecified atom stereocenters. The first-order chi connectivity index (χ1) is 9.34. The highest BCUT2D eigenvalue weighted by Gasteiger charge is 1.97. The lowest BCUT2D eigenvalue weighted by atomic mass is 10.1. The van der Waals surface area contributed by atoms with E-state index >= 15 is 0 Å². The normalized spacial score (nSPS) is 10.4. The fraction of sp³-hybridized carbons (Fsp3) is 0.294.